The fourth-order valence-electron chi connectivity index (χ4n) is 3.64. The number of halogens is 1. The molecule has 4 N–H and O–H groups in total. The maximum Gasteiger partial charge on any atom is 0.329 e. The van der Waals surface area contributed by atoms with Gasteiger partial charge in [0.15, 0.2) is 0 Å². The van der Waals surface area contributed by atoms with Crippen LogP contribution in [0.15, 0.2) is 24.4 Å². The van der Waals surface area contributed by atoms with Crippen molar-refractivity contribution in [2.24, 2.45) is 17.6 Å². The van der Waals surface area contributed by atoms with E-state index < -0.39 is 4.92 Å². The lowest BCUT2D eigenvalue weighted by molar-refractivity contribution is -0.384. The minimum Gasteiger partial charge on any atom is -0.364 e. The number of benzene rings is 1. The Morgan fingerprint density at radius 3 is 2.66 bits per heavy atom. The number of anilines is 2. The summed E-state index contributed by atoms with van der Waals surface area (Å²) in [5.74, 6) is 1.17. The molecule has 0 bridgehead atoms. The predicted octanol–water partition coefficient (Wildman–Crippen LogP) is 3.62. The van der Waals surface area contributed by atoms with Gasteiger partial charge in [0.25, 0.3) is 0 Å². The van der Waals surface area contributed by atoms with Gasteiger partial charge in [-0.05, 0) is 74.2 Å². The van der Waals surface area contributed by atoms with Crippen molar-refractivity contribution in [2.75, 3.05) is 23.7 Å². The number of nitro groups is 1. The number of aromatic nitrogens is 2. The van der Waals surface area contributed by atoms with E-state index in [1.165, 1.54) is 18.3 Å². The lowest BCUT2D eigenvalue weighted by Crippen LogP contribution is -2.25. The molecular weight excluding hydrogens is 375 g/mol. The lowest BCUT2D eigenvalue weighted by Gasteiger charge is -2.27. The molecular formula is C20H27FN6O2. The van der Waals surface area contributed by atoms with Crippen LogP contribution in [0.2, 0.25) is 0 Å². The zero-order valence-electron chi connectivity index (χ0n) is 16.5. The van der Waals surface area contributed by atoms with E-state index in [-0.39, 0.29) is 23.3 Å². The highest BCUT2D eigenvalue weighted by atomic mass is 19.1. The standard InChI is InChI=1S/C20H27FN6O2/c1-13-2-7-17(21)8-16(13)11-24-20-25-12-18(27(28)29)19(26-20)23-10-15-5-3-14(9-22)4-6-15/h2,7-8,12,14-15H,3-6,9-11,22H2,1H3,(H2,23,24,25,26). The van der Waals surface area contributed by atoms with Gasteiger partial charge >= 0.3 is 5.69 Å². The number of nitrogens with one attached hydrogen (secondary N) is 2. The second-order valence-electron chi connectivity index (χ2n) is 7.61. The Bertz CT molecular complexity index is 855. The number of hydrogen-bond acceptors (Lipinski definition) is 7. The van der Waals surface area contributed by atoms with Gasteiger partial charge in [0.1, 0.15) is 12.0 Å². The highest BCUT2D eigenvalue weighted by Gasteiger charge is 2.22. The Morgan fingerprint density at radius 1 is 1.24 bits per heavy atom. The summed E-state index contributed by atoms with van der Waals surface area (Å²) in [4.78, 5) is 19.2. The molecule has 3 rings (SSSR count). The Balaban J connectivity index is 1.66. The zero-order chi connectivity index (χ0) is 20.8. The normalized spacial score (nSPS) is 19.0. The Hall–Kier alpha value is -2.81. The number of aryl methyl sites for hydroxylation is 1. The first-order valence-corrected chi connectivity index (χ1v) is 9.90. The Kier molecular flexibility index (Phi) is 6.92. The molecule has 1 fully saturated rings. The van der Waals surface area contributed by atoms with Crippen LogP contribution in [0, 0.1) is 34.7 Å². The monoisotopic (exact) mass is 402 g/mol. The van der Waals surface area contributed by atoms with Gasteiger partial charge in [0.05, 0.1) is 4.92 Å². The molecule has 0 amide bonds. The van der Waals surface area contributed by atoms with E-state index >= 15 is 0 Å². The molecule has 9 heteroatoms. The molecule has 1 aliphatic rings. The molecule has 0 spiro atoms. The van der Waals surface area contributed by atoms with Gasteiger partial charge in [-0.1, -0.05) is 6.07 Å². The van der Waals surface area contributed by atoms with Gasteiger partial charge in [-0.2, -0.15) is 4.98 Å². The minimum absolute atomic E-state index is 0.159. The summed E-state index contributed by atoms with van der Waals surface area (Å²) >= 11 is 0. The Labute approximate surface area is 169 Å². The molecule has 1 heterocycles. The molecule has 1 aromatic heterocycles. The molecule has 1 aromatic carbocycles. The molecule has 29 heavy (non-hydrogen) atoms. The van der Waals surface area contributed by atoms with Crippen molar-refractivity contribution in [3.63, 3.8) is 0 Å². The molecule has 156 valence electrons. The van der Waals surface area contributed by atoms with E-state index in [0.29, 0.717) is 24.9 Å². The summed E-state index contributed by atoms with van der Waals surface area (Å²) in [6.07, 6.45) is 5.49. The van der Waals surface area contributed by atoms with Crippen LogP contribution in [-0.2, 0) is 6.54 Å². The van der Waals surface area contributed by atoms with Crippen LogP contribution in [0.3, 0.4) is 0 Å². The molecule has 0 aliphatic heterocycles. The molecule has 0 radical (unpaired) electrons. The smallest absolute Gasteiger partial charge is 0.329 e. The van der Waals surface area contributed by atoms with Crippen molar-refractivity contribution in [3.8, 4) is 0 Å². The molecule has 0 atom stereocenters. The van der Waals surface area contributed by atoms with Crippen molar-refractivity contribution < 1.29 is 9.31 Å². The summed E-state index contributed by atoms with van der Waals surface area (Å²) in [7, 11) is 0. The molecule has 0 saturated heterocycles. The van der Waals surface area contributed by atoms with E-state index in [2.05, 4.69) is 20.6 Å². The van der Waals surface area contributed by atoms with Crippen molar-refractivity contribution in [1.82, 2.24) is 9.97 Å². The van der Waals surface area contributed by atoms with E-state index in [1.54, 1.807) is 6.07 Å². The summed E-state index contributed by atoms with van der Waals surface area (Å²) in [6, 6.07) is 4.56. The predicted molar refractivity (Wildman–Crippen MR) is 110 cm³/mol. The summed E-state index contributed by atoms with van der Waals surface area (Å²) in [5.41, 5.74) is 7.29. The maximum atomic E-state index is 13.5. The van der Waals surface area contributed by atoms with Crippen LogP contribution in [0.25, 0.3) is 0 Å². The van der Waals surface area contributed by atoms with Crippen molar-refractivity contribution in [1.29, 1.82) is 0 Å². The van der Waals surface area contributed by atoms with Crippen LogP contribution >= 0.6 is 0 Å². The van der Waals surface area contributed by atoms with Crippen molar-refractivity contribution >= 4 is 17.5 Å². The zero-order valence-corrected chi connectivity index (χ0v) is 16.5. The largest absolute Gasteiger partial charge is 0.364 e. The number of nitrogens with zero attached hydrogens (tertiary/aromatic N) is 3. The van der Waals surface area contributed by atoms with Crippen molar-refractivity contribution in [3.05, 3.63) is 51.5 Å². The van der Waals surface area contributed by atoms with Crippen LogP contribution in [0.5, 0.6) is 0 Å². The molecule has 1 saturated carbocycles. The highest BCUT2D eigenvalue weighted by Crippen LogP contribution is 2.29. The van der Waals surface area contributed by atoms with Crippen LogP contribution in [-0.4, -0.2) is 28.0 Å². The SMILES string of the molecule is Cc1ccc(F)cc1CNc1ncc([N+](=O)[O-])c(NCC2CCC(CN)CC2)n1. The third-order valence-electron chi connectivity index (χ3n) is 5.57. The topological polar surface area (TPSA) is 119 Å². The summed E-state index contributed by atoms with van der Waals surface area (Å²) in [5, 5.41) is 17.5. The van der Waals surface area contributed by atoms with Gasteiger partial charge in [-0.15, -0.1) is 0 Å². The van der Waals surface area contributed by atoms with Crippen LogP contribution in [0.1, 0.15) is 36.8 Å². The second-order valence-corrected chi connectivity index (χ2v) is 7.61. The van der Waals surface area contributed by atoms with E-state index in [1.807, 2.05) is 6.92 Å². The molecule has 2 aromatic rings. The quantitative estimate of drug-likeness (QED) is 0.456. The first kappa shape index (κ1) is 20.9. The third-order valence-corrected chi connectivity index (χ3v) is 5.57. The first-order chi connectivity index (χ1) is 14.0. The second kappa shape index (κ2) is 9.60. The highest BCUT2D eigenvalue weighted by molar-refractivity contribution is 5.57. The molecule has 1 aliphatic carbocycles. The number of nitrogens with two attached hydrogens (primary N) is 1. The third kappa shape index (κ3) is 5.60. The van der Waals surface area contributed by atoms with Crippen molar-refractivity contribution in [2.45, 2.75) is 39.2 Å². The van der Waals surface area contributed by atoms with E-state index in [0.717, 1.165) is 43.4 Å². The van der Waals surface area contributed by atoms with E-state index in [9.17, 15) is 14.5 Å². The molecule has 8 nitrogen and oxygen atoms in total. The van der Waals surface area contributed by atoms with Crippen LogP contribution in [0.4, 0.5) is 21.8 Å². The Morgan fingerprint density at radius 2 is 1.97 bits per heavy atom. The molecule has 0 unspecified atom stereocenters. The van der Waals surface area contributed by atoms with Gasteiger partial charge < -0.3 is 16.4 Å². The summed E-state index contributed by atoms with van der Waals surface area (Å²) in [6.45, 7) is 3.55. The number of rotatable bonds is 8. The summed E-state index contributed by atoms with van der Waals surface area (Å²) < 4.78 is 13.5. The fourth-order valence-corrected chi connectivity index (χ4v) is 3.64. The lowest BCUT2D eigenvalue weighted by atomic mass is 9.82. The minimum atomic E-state index is -0.492. The average molecular weight is 402 g/mol. The van der Waals surface area contributed by atoms with Gasteiger partial charge in [0.2, 0.25) is 11.8 Å². The van der Waals surface area contributed by atoms with Crippen LogP contribution < -0.4 is 16.4 Å². The van der Waals surface area contributed by atoms with Gasteiger partial charge in [0, 0.05) is 13.1 Å². The maximum absolute atomic E-state index is 13.5. The average Bonchev–Trinajstić information content (AvgIpc) is 2.73. The number of hydrogen-bond donors (Lipinski definition) is 3. The van der Waals surface area contributed by atoms with Gasteiger partial charge in [-0.25, -0.2) is 9.37 Å². The fraction of sp³-hybridized carbons (Fsp3) is 0.500. The van der Waals surface area contributed by atoms with Gasteiger partial charge in [-0.3, -0.25) is 10.1 Å². The van der Waals surface area contributed by atoms with E-state index in [4.69, 9.17) is 5.73 Å². The first-order valence-electron chi connectivity index (χ1n) is 9.90.